The topological polar surface area (TPSA) is 76.7 Å². The molecule has 0 radical (unpaired) electrons. The average molecular weight is 318 g/mol. The van der Waals surface area contributed by atoms with Crippen LogP contribution in [0.5, 0.6) is 11.5 Å². The number of methoxy groups -OCH3 is 2. The van der Waals surface area contributed by atoms with E-state index in [9.17, 15) is 9.59 Å². The molecule has 0 aliphatic carbocycles. The van der Waals surface area contributed by atoms with E-state index in [2.05, 4.69) is 10.6 Å². The first-order chi connectivity index (χ1) is 11.0. The fourth-order valence-electron chi connectivity index (χ4n) is 2.61. The fourth-order valence-corrected chi connectivity index (χ4v) is 2.61. The molecule has 124 valence electrons. The van der Waals surface area contributed by atoms with Crippen molar-refractivity contribution in [1.82, 2.24) is 10.6 Å². The quantitative estimate of drug-likeness (QED) is 0.807. The van der Waals surface area contributed by atoms with Crippen molar-refractivity contribution in [1.29, 1.82) is 0 Å². The fraction of sp³-hybridized carbons (Fsp3) is 0.412. The zero-order valence-electron chi connectivity index (χ0n) is 13.6. The predicted molar refractivity (Wildman–Crippen MR) is 87.3 cm³/mol. The number of hydrogen-bond donors (Lipinski definition) is 2. The summed E-state index contributed by atoms with van der Waals surface area (Å²) in [6.07, 6.45) is 4.21. The van der Waals surface area contributed by atoms with Gasteiger partial charge >= 0.3 is 0 Å². The van der Waals surface area contributed by atoms with E-state index in [0.29, 0.717) is 17.9 Å². The Morgan fingerprint density at radius 1 is 1.30 bits per heavy atom. The summed E-state index contributed by atoms with van der Waals surface area (Å²) in [6.45, 7) is 1.93. The van der Waals surface area contributed by atoms with Gasteiger partial charge in [-0.15, -0.1) is 0 Å². The third-order valence-electron chi connectivity index (χ3n) is 3.66. The highest BCUT2D eigenvalue weighted by Crippen LogP contribution is 2.27. The molecule has 2 N–H and O–H groups in total. The van der Waals surface area contributed by atoms with Gasteiger partial charge < -0.3 is 20.1 Å². The highest BCUT2D eigenvalue weighted by Gasteiger charge is 2.24. The number of carbonyl (C=O) groups excluding carboxylic acids is 2. The SMILES string of the molecule is COc1ccc(C=CC(=O)NC2CC(=O)NC(C)C2)cc1OC. The molecule has 1 aliphatic heterocycles. The largest absolute Gasteiger partial charge is 0.493 e. The molecule has 2 rings (SSSR count). The molecule has 1 fully saturated rings. The Kier molecular flexibility index (Phi) is 5.62. The molecule has 1 aromatic carbocycles. The monoisotopic (exact) mass is 318 g/mol. The third kappa shape index (κ3) is 4.74. The van der Waals surface area contributed by atoms with Crippen molar-refractivity contribution in [2.75, 3.05) is 14.2 Å². The Balaban J connectivity index is 1.97. The van der Waals surface area contributed by atoms with Crippen molar-refractivity contribution in [2.24, 2.45) is 0 Å². The number of carbonyl (C=O) groups is 2. The van der Waals surface area contributed by atoms with Crippen LogP contribution in [0.25, 0.3) is 6.08 Å². The van der Waals surface area contributed by atoms with Gasteiger partial charge in [0.25, 0.3) is 0 Å². The molecule has 0 bridgehead atoms. The first kappa shape index (κ1) is 16.9. The van der Waals surface area contributed by atoms with Crippen LogP contribution < -0.4 is 20.1 Å². The molecular formula is C17H22N2O4. The summed E-state index contributed by atoms with van der Waals surface area (Å²) in [7, 11) is 3.13. The van der Waals surface area contributed by atoms with Gasteiger partial charge in [-0.1, -0.05) is 6.07 Å². The van der Waals surface area contributed by atoms with Crippen LogP contribution in [0.15, 0.2) is 24.3 Å². The van der Waals surface area contributed by atoms with Gasteiger partial charge in [-0.3, -0.25) is 9.59 Å². The maximum Gasteiger partial charge on any atom is 0.244 e. The number of ether oxygens (including phenoxy) is 2. The van der Waals surface area contributed by atoms with Crippen molar-refractivity contribution in [3.05, 3.63) is 29.8 Å². The smallest absolute Gasteiger partial charge is 0.244 e. The Morgan fingerprint density at radius 3 is 2.70 bits per heavy atom. The van der Waals surface area contributed by atoms with Gasteiger partial charge in [-0.05, 0) is 37.1 Å². The minimum absolute atomic E-state index is 0.0297. The lowest BCUT2D eigenvalue weighted by Crippen LogP contribution is -2.49. The first-order valence-corrected chi connectivity index (χ1v) is 7.51. The summed E-state index contributed by atoms with van der Waals surface area (Å²) in [4.78, 5) is 23.5. The third-order valence-corrected chi connectivity index (χ3v) is 3.66. The summed E-state index contributed by atoms with van der Waals surface area (Å²) < 4.78 is 10.4. The highest BCUT2D eigenvalue weighted by atomic mass is 16.5. The van der Waals surface area contributed by atoms with E-state index in [1.54, 1.807) is 32.4 Å². The van der Waals surface area contributed by atoms with Crippen molar-refractivity contribution in [2.45, 2.75) is 31.8 Å². The van der Waals surface area contributed by atoms with Crippen LogP contribution in [0.1, 0.15) is 25.3 Å². The van der Waals surface area contributed by atoms with Gasteiger partial charge in [0.2, 0.25) is 11.8 Å². The Hall–Kier alpha value is -2.50. The summed E-state index contributed by atoms with van der Waals surface area (Å²) >= 11 is 0. The summed E-state index contributed by atoms with van der Waals surface area (Å²) in [5.74, 6) is 0.994. The number of rotatable bonds is 5. The molecule has 6 heteroatoms. The van der Waals surface area contributed by atoms with Crippen LogP contribution in [0, 0.1) is 0 Å². The van der Waals surface area contributed by atoms with Gasteiger partial charge in [-0.25, -0.2) is 0 Å². The van der Waals surface area contributed by atoms with Crippen LogP contribution in [0.2, 0.25) is 0 Å². The van der Waals surface area contributed by atoms with Crippen LogP contribution in [0.4, 0.5) is 0 Å². The van der Waals surface area contributed by atoms with Crippen LogP contribution >= 0.6 is 0 Å². The van der Waals surface area contributed by atoms with E-state index in [-0.39, 0.29) is 23.9 Å². The first-order valence-electron chi connectivity index (χ1n) is 7.51. The second-order valence-corrected chi connectivity index (χ2v) is 5.56. The molecule has 1 aromatic rings. The van der Waals surface area contributed by atoms with E-state index in [1.807, 2.05) is 13.0 Å². The lowest BCUT2D eigenvalue weighted by molar-refractivity contribution is -0.124. The number of hydrogen-bond acceptors (Lipinski definition) is 4. The molecule has 1 aliphatic rings. The van der Waals surface area contributed by atoms with Crippen molar-refractivity contribution in [3.63, 3.8) is 0 Å². The van der Waals surface area contributed by atoms with Crippen LogP contribution in [-0.2, 0) is 9.59 Å². The van der Waals surface area contributed by atoms with Crippen molar-refractivity contribution < 1.29 is 19.1 Å². The summed E-state index contributed by atoms with van der Waals surface area (Å²) in [6, 6.07) is 5.36. The van der Waals surface area contributed by atoms with E-state index < -0.39 is 0 Å². The molecule has 6 nitrogen and oxygen atoms in total. The predicted octanol–water partition coefficient (Wildman–Crippen LogP) is 1.50. The van der Waals surface area contributed by atoms with Gasteiger partial charge in [0.05, 0.1) is 14.2 Å². The molecule has 2 amide bonds. The normalized spacial score (nSPS) is 20.9. The molecule has 0 spiro atoms. The van der Waals surface area contributed by atoms with Crippen LogP contribution in [-0.4, -0.2) is 38.1 Å². The summed E-state index contributed by atoms with van der Waals surface area (Å²) in [5.41, 5.74) is 0.826. The Morgan fingerprint density at radius 2 is 2.04 bits per heavy atom. The lowest BCUT2D eigenvalue weighted by atomic mass is 10.00. The average Bonchev–Trinajstić information content (AvgIpc) is 2.51. The van der Waals surface area contributed by atoms with Crippen molar-refractivity contribution >= 4 is 17.9 Å². The molecular weight excluding hydrogens is 296 g/mol. The number of nitrogens with one attached hydrogen (secondary N) is 2. The summed E-state index contributed by atoms with van der Waals surface area (Å²) in [5, 5.41) is 5.69. The standard InChI is InChI=1S/C17H22N2O4/c1-11-8-13(10-17(21)18-11)19-16(20)7-5-12-4-6-14(22-2)15(9-12)23-3/h4-7,9,11,13H,8,10H2,1-3H3,(H,18,21)(H,19,20). The maximum atomic E-state index is 12.0. The van der Waals surface area contributed by atoms with Gasteiger partial charge in [0.1, 0.15) is 0 Å². The van der Waals surface area contributed by atoms with Gasteiger partial charge in [0, 0.05) is 24.6 Å². The second kappa shape index (κ2) is 7.67. The maximum absolute atomic E-state index is 12.0. The Bertz CT molecular complexity index is 613. The van der Waals surface area contributed by atoms with Gasteiger partial charge in [0.15, 0.2) is 11.5 Å². The van der Waals surface area contributed by atoms with Crippen molar-refractivity contribution in [3.8, 4) is 11.5 Å². The van der Waals surface area contributed by atoms with E-state index >= 15 is 0 Å². The molecule has 0 saturated carbocycles. The zero-order chi connectivity index (χ0) is 16.8. The molecule has 0 aromatic heterocycles. The lowest BCUT2D eigenvalue weighted by Gasteiger charge is -2.27. The number of amides is 2. The molecule has 1 heterocycles. The highest BCUT2D eigenvalue weighted by molar-refractivity contribution is 5.92. The zero-order valence-corrected chi connectivity index (χ0v) is 13.6. The molecule has 2 atom stereocenters. The number of benzene rings is 1. The van der Waals surface area contributed by atoms with Crippen LogP contribution in [0.3, 0.4) is 0 Å². The second-order valence-electron chi connectivity index (χ2n) is 5.56. The molecule has 23 heavy (non-hydrogen) atoms. The van der Waals surface area contributed by atoms with E-state index in [4.69, 9.17) is 9.47 Å². The van der Waals surface area contributed by atoms with E-state index in [1.165, 1.54) is 6.08 Å². The minimum Gasteiger partial charge on any atom is -0.493 e. The Labute approximate surface area is 135 Å². The van der Waals surface area contributed by atoms with E-state index in [0.717, 1.165) is 12.0 Å². The molecule has 2 unspecified atom stereocenters. The van der Waals surface area contributed by atoms with Gasteiger partial charge in [-0.2, -0.15) is 0 Å². The molecule has 1 saturated heterocycles. The minimum atomic E-state index is -0.216. The number of piperidine rings is 1.